The molecular weight excluding hydrogens is 357 g/mol. The van der Waals surface area contributed by atoms with Crippen molar-refractivity contribution in [2.24, 2.45) is 0 Å². The van der Waals surface area contributed by atoms with Gasteiger partial charge >= 0.3 is 0 Å². The maximum absolute atomic E-state index is 12.3. The van der Waals surface area contributed by atoms with E-state index in [1.54, 1.807) is 36.4 Å². The Bertz CT molecular complexity index is 879. The molecular formula is C17H12Cl3NO2. The summed E-state index contributed by atoms with van der Waals surface area (Å²) in [5, 5.41) is 5.26. The molecule has 1 amide bonds. The number of carbonyl (C=O) groups is 1. The van der Waals surface area contributed by atoms with E-state index in [0.717, 1.165) is 16.5 Å². The molecule has 118 valence electrons. The smallest absolute Gasteiger partial charge is 0.287 e. The van der Waals surface area contributed by atoms with Gasteiger partial charge in [0.05, 0.1) is 0 Å². The number of hydrogen-bond donors (Lipinski definition) is 1. The summed E-state index contributed by atoms with van der Waals surface area (Å²) in [6.45, 7) is 2.18. The van der Waals surface area contributed by atoms with Crippen LogP contribution in [-0.2, 0) is 6.54 Å². The van der Waals surface area contributed by atoms with Crippen molar-refractivity contribution < 1.29 is 9.21 Å². The monoisotopic (exact) mass is 367 g/mol. The summed E-state index contributed by atoms with van der Waals surface area (Å²) in [4.78, 5) is 12.3. The number of amides is 1. The molecule has 3 aromatic rings. The first-order chi connectivity index (χ1) is 10.9. The van der Waals surface area contributed by atoms with Gasteiger partial charge in [-0.2, -0.15) is 0 Å². The molecule has 0 radical (unpaired) electrons. The third kappa shape index (κ3) is 3.47. The highest BCUT2D eigenvalue weighted by Crippen LogP contribution is 2.26. The number of furan rings is 1. The highest BCUT2D eigenvalue weighted by atomic mass is 35.5. The van der Waals surface area contributed by atoms with Crippen molar-refractivity contribution in [2.75, 3.05) is 0 Å². The number of halogens is 3. The fraction of sp³-hybridized carbons (Fsp3) is 0.118. The maximum Gasteiger partial charge on any atom is 0.287 e. The number of rotatable bonds is 3. The lowest BCUT2D eigenvalue weighted by Gasteiger charge is -2.09. The summed E-state index contributed by atoms with van der Waals surface area (Å²) < 4.78 is 5.53. The normalized spacial score (nSPS) is 11.0. The first-order valence-corrected chi connectivity index (χ1v) is 7.99. The van der Waals surface area contributed by atoms with E-state index in [4.69, 9.17) is 39.2 Å². The first-order valence-electron chi connectivity index (χ1n) is 6.86. The molecule has 0 aliphatic heterocycles. The van der Waals surface area contributed by atoms with Gasteiger partial charge in [0, 0.05) is 27.0 Å². The molecule has 0 spiro atoms. The van der Waals surface area contributed by atoms with E-state index in [-0.39, 0.29) is 11.7 Å². The molecule has 0 saturated heterocycles. The quantitative estimate of drug-likeness (QED) is 0.651. The van der Waals surface area contributed by atoms with Gasteiger partial charge in [0.2, 0.25) is 0 Å². The standard InChI is InChI=1S/C17H12Cl3NO2/c1-9-4-12(19)7-14(20)13(9)8-21-17(22)16-6-10-5-11(18)2-3-15(10)23-16/h2-7H,8H2,1H3,(H,21,22). The number of aryl methyl sites for hydroxylation is 1. The summed E-state index contributed by atoms with van der Waals surface area (Å²) >= 11 is 18.0. The zero-order valence-corrected chi connectivity index (χ0v) is 14.4. The molecule has 0 saturated carbocycles. The van der Waals surface area contributed by atoms with Crippen molar-refractivity contribution in [3.63, 3.8) is 0 Å². The minimum absolute atomic E-state index is 0.227. The van der Waals surface area contributed by atoms with Crippen LogP contribution < -0.4 is 5.32 Å². The van der Waals surface area contributed by atoms with Gasteiger partial charge < -0.3 is 9.73 Å². The molecule has 0 atom stereocenters. The highest BCUT2D eigenvalue weighted by Gasteiger charge is 2.14. The van der Waals surface area contributed by atoms with Crippen LogP contribution in [0.1, 0.15) is 21.7 Å². The molecule has 6 heteroatoms. The van der Waals surface area contributed by atoms with E-state index in [9.17, 15) is 4.79 Å². The summed E-state index contributed by atoms with van der Waals surface area (Å²) in [6.07, 6.45) is 0. The molecule has 23 heavy (non-hydrogen) atoms. The van der Waals surface area contributed by atoms with Crippen LogP contribution in [0.3, 0.4) is 0 Å². The second-order valence-electron chi connectivity index (χ2n) is 5.16. The van der Waals surface area contributed by atoms with Crippen LogP contribution in [0.25, 0.3) is 11.0 Å². The van der Waals surface area contributed by atoms with Gasteiger partial charge in [-0.05, 0) is 54.4 Å². The molecule has 3 nitrogen and oxygen atoms in total. The van der Waals surface area contributed by atoms with Crippen molar-refractivity contribution in [3.8, 4) is 0 Å². The zero-order valence-electron chi connectivity index (χ0n) is 12.1. The first kappa shape index (κ1) is 16.2. The Morgan fingerprint density at radius 1 is 1.09 bits per heavy atom. The van der Waals surface area contributed by atoms with Crippen molar-refractivity contribution in [1.29, 1.82) is 0 Å². The van der Waals surface area contributed by atoms with Crippen LogP contribution in [0.2, 0.25) is 15.1 Å². The van der Waals surface area contributed by atoms with E-state index >= 15 is 0 Å². The second-order valence-corrected chi connectivity index (χ2v) is 6.44. The van der Waals surface area contributed by atoms with Gasteiger partial charge in [-0.1, -0.05) is 34.8 Å². The van der Waals surface area contributed by atoms with Crippen LogP contribution in [-0.4, -0.2) is 5.91 Å². The van der Waals surface area contributed by atoms with Crippen molar-refractivity contribution in [2.45, 2.75) is 13.5 Å². The molecule has 2 aromatic carbocycles. The largest absolute Gasteiger partial charge is 0.451 e. The van der Waals surface area contributed by atoms with Crippen LogP contribution in [0.15, 0.2) is 40.8 Å². The number of nitrogens with one attached hydrogen (secondary N) is 1. The Balaban J connectivity index is 1.79. The molecule has 1 aromatic heterocycles. The molecule has 0 fully saturated rings. The SMILES string of the molecule is Cc1cc(Cl)cc(Cl)c1CNC(=O)c1cc2cc(Cl)ccc2o1. The molecule has 1 heterocycles. The van der Waals surface area contributed by atoms with Crippen LogP contribution in [0, 0.1) is 6.92 Å². The lowest BCUT2D eigenvalue weighted by atomic mass is 10.1. The number of fused-ring (bicyclic) bond motifs is 1. The Kier molecular flexibility index (Phi) is 4.53. The minimum atomic E-state index is -0.317. The van der Waals surface area contributed by atoms with Gasteiger partial charge in [0.25, 0.3) is 5.91 Å². The van der Waals surface area contributed by atoms with Gasteiger partial charge in [0.1, 0.15) is 5.58 Å². The fourth-order valence-corrected chi connectivity index (χ4v) is 3.18. The third-order valence-electron chi connectivity index (χ3n) is 3.51. The zero-order chi connectivity index (χ0) is 16.6. The van der Waals surface area contributed by atoms with Crippen molar-refractivity contribution >= 4 is 51.7 Å². The topological polar surface area (TPSA) is 42.2 Å². The average Bonchev–Trinajstić information content (AvgIpc) is 2.88. The van der Waals surface area contributed by atoms with E-state index in [0.29, 0.717) is 27.2 Å². The van der Waals surface area contributed by atoms with Gasteiger partial charge in [-0.25, -0.2) is 0 Å². The van der Waals surface area contributed by atoms with Gasteiger partial charge in [0.15, 0.2) is 5.76 Å². The molecule has 0 bridgehead atoms. The number of hydrogen-bond acceptors (Lipinski definition) is 2. The van der Waals surface area contributed by atoms with Gasteiger partial charge in [-0.3, -0.25) is 4.79 Å². The highest BCUT2D eigenvalue weighted by molar-refractivity contribution is 6.35. The summed E-state index contributed by atoms with van der Waals surface area (Å²) in [6, 6.07) is 10.3. The predicted octanol–water partition coefficient (Wildman–Crippen LogP) is 5.63. The van der Waals surface area contributed by atoms with E-state index in [1.807, 2.05) is 6.92 Å². The Morgan fingerprint density at radius 3 is 2.61 bits per heavy atom. The lowest BCUT2D eigenvalue weighted by molar-refractivity contribution is 0.0925. The minimum Gasteiger partial charge on any atom is -0.451 e. The summed E-state index contributed by atoms with van der Waals surface area (Å²) in [5.41, 5.74) is 2.35. The van der Waals surface area contributed by atoms with E-state index < -0.39 is 0 Å². The summed E-state index contributed by atoms with van der Waals surface area (Å²) in [7, 11) is 0. The molecule has 3 rings (SSSR count). The second kappa shape index (κ2) is 6.44. The van der Waals surface area contributed by atoms with Gasteiger partial charge in [-0.15, -0.1) is 0 Å². The lowest BCUT2D eigenvalue weighted by Crippen LogP contribution is -2.22. The average molecular weight is 369 g/mol. The van der Waals surface area contributed by atoms with E-state index in [1.165, 1.54) is 0 Å². The third-order valence-corrected chi connectivity index (χ3v) is 4.30. The Morgan fingerprint density at radius 2 is 1.87 bits per heavy atom. The Labute approximate surface area is 148 Å². The number of benzene rings is 2. The van der Waals surface area contributed by atoms with Crippen LogP contribution in [0.4, 0.5) is 0 Å². The van der Waals surface area contributed by atoms with Crippen molar-refractivity contribution in [1.82, 2.24) is 5.32 Å². The van der Waals surface area contributed by atoms with Crippen LogP contribution in [0.5, 0.6) is 0 Å². The van der Waals surface area contributed by atoms with Crippen molar-refractivity contribution in [3.05, 3.63) is 68.4 Å². The predicted molar refractivity (Wildman–Crippen MR) is 93.6 cm³/mol. The Hall–Kier alpha value is -1.68. The molecule has 0 aliphatic carbocycles. The van der Waals surface area contributed by atoms with Crippen LogP contribution >= 0.6 is 34.8 Å². The fourth-order valence-electron chi connectivity index (χ4n) is 2.34. The summed E-state index contributed by atoms with van der Waals surface area (Å²) in [5.74, 6) is -0.0901. The molecule has 0 aliphatic rings. The number of carbonyl (C=O) groups excluding carboxylic acids is 1. The molecule has 1 N–H and O–H groups in total. The molecule has 0 unspecified atom stereocenters. The van der Waals surface area contributed by atoms with E-state index in [2.05, 4.69) is 5.32 Å². The maximum atomic E-state index is 12.3.